The molecule has 1 aliphatic heterocycles. The first kappa shape index (κ1) is 14.8. The highest BCUT2D eigenvalue weighted by Gasteiger charge is 2.46. The van der Waals surface area contributed by atoms with Crippen LogP contribution < -0.4 is 5.73 Å². The molecule has 0 spiro atoms. The van der Waals surface area contributed by atoms with Gasteiger partial charge in [-0.3, -0.25) is 4.90 Å². The Morgan fingerprint density at radius 3 is 2.50 bits per heavy atom. The molecular weight excluding hydrogens is 244 g/mol. The van der Waals surface area contributed by atoms with Crippen LogP contribution in [0, 0.1) is 23.7 Å². The topological polar surface area (TPSA) is 29.3 Å². The van der Waals surface area contributed by atoms with Gasteiger partial charge in [-0.2, -0.15) is 0 Å². The smallest absolute Gasteiger partial charge is 0.0357 e. The van der Waals surface area contributed by atoms with Gasteiger partial charge in [-0.1, -0.05) is 33.1 Å². The van der Waals surface area contributed by atoms with E-state index in [0.29, 0.717) is 5.54 Å². The molecule has 0 aromatic heterocycles. The molecule has 2 N–H and O–H groups in total. The zero-order chi connectivity index (χ0) is 14.2. The van der Waals surface area contributed by atoms with Crippen molar-refractivity contribution in [2.24, 2.45) is 29.4 Å². The Hall–Kier alpha value is -0.0800. The number of hydrogen-bond donors (Lipinski definition) is 1. The highest BCUT2D eigenvalue weighted by atomic mass is 15.2. The van der Waals surface area contributed by atoms with Gasteiger partial charge in [0.1, 0.15) is 0 Å². The van der Waals surface area contributed by atoms with E-state index in [0.717, 1.165) is 30.2 Å². The number of nitrogens with two attached hydrogens (primary N) is 1. The second-order valence-electron chi connectivity index (χ2n) is 8.13. The second-order valence-corrected chi connectivity index (χ2v) is 8.13. The Labute approximate surface area is 125 Å². The van der Waals surface area contributed by atoms with Gasteiger partial charge in [0.25, 0.3) is 0 Å². The Kier molecular flexibility index (Phi) is 4.42. The van der Waals surface area contributed by atoms with Gasteiger partial charge in [-0.25, -0.2) is 0 Å². The van der Waals surface area contributed by atoms with E-state index < -0.39 is 0 Å². The standard InChI is InChI=1S/C18H34N2/c1-14-7-9-18(13-19,15(2)11-14)20-10-8-16-5-3-4-6-17(16)12-20/h14-17H,3-13,19H2,1-2H3. The summed E-state index contributed by atoms with van der Waals surface area (Å²) in [6, 6.07) is 0. The third-order valence-electron chi connectivity index (χ3n) is 7.02. The minimum atomic E-state index is 0.328. The van der Waals surface area contributed by atoms with Crippen molar-refractivity contribution in [2.45, 2.75) is 70.8 Å². The minimum absolute atomic E-state index is 0.328. The molecule has 5 atom stereocenters. The average molecular weight is 278 g/mol. The quantitative estimate of drug-likeness (QED) is 0.835. The van der Waals surface area contributed by atoms with Crippen LogP contribution in [-0.2, 0) is 0 Å². The molecule has 1 saturated heterocycles. The van der Waals surface area contributed by atoms with Gasteiger partial charge >= 0.3 is 0 Å². The van der Waals surface area contributed by atoms with Gasteiger partial charge in [0.05, 0.1) is 0 Å². The van der Waals surface area contributed by atoms with E-state index in [9.17, 15) is 0 Å². The first-order chi connectivity index (χ1) is 9.65. The lowest BCUT2D eigenvalue weighted by Crippen LogP contribution is -2.63. The zero-order valence-corrected chi connectivity index (χ0v) is 13.6. The maximum atomic E-state index is 6.33. The number of fused-ring (bicyclic) bond motifs is 1. The lowest BCUT2D eigenvalue weighted by Gasteiger charge is -2.55. The Balaban J connectivity index is 1.73. The molecule has 5 unspecified atom stereocenters. The molecule has 2 aliphatic carbocycles. The highest BCUT2D eigenvalue weighted by Crippen LogP contribution is 2.44. The van der Waals surface area contributed by atoms with Crippen LogP contribution in [-0.4, -0.2) is 30.1 Å². The fourth-order valence-corrected chi connectivity index (χ4v) is 5.59. The summed E-state index contributed by atoms with van der Waals surface area (Å²) in [5.41, 5.74) is 6.66. The van der Waals surface area contributed by atoms with E-state index in [1.807, 2.05) is 0 Å². The molecule has 20 heavy (non-hydrogen) atoms. The van der Waals surface area contributed by atoms with Crippen molar-refractivity contribution in [3.8, 4) is 0 Å². The summed E-state index contributed by atoms with van der Waals surface area (Å²) in [6.07, 6.45) is 11.5. The molecule has 3 aliphatic rings. The Bertz CT molecular complexity index is 329. The average Bonchev–Trinajstić information content (AvgIpc) is 2.47. The van der Waals surface area contributed by atoms with E-state index >= 15 is 0 Å². The van der Waals surface area contributed by atoms with Gasteiger partial charge < -0.3 is 5.73 Å². The summed E-state index contributed by atoms with van der Waals surface area (Å²) in [7, 11) is 0. The first-order valence-electron chi connectivity index (χ1n) is 9.11. The van der Waals surface area contributed by atoms with Gasteiger partial charge in [-0.05, 0) is 62.3 Å². The number of likely N-dealkylation sites (tertiary alicyclic amines) is 1. The monoisotopic (exact) mass is 278 g/mol. The van der Waals surface area contributed by atoms with Crippen molar-refractivity contribution in [2.75, 3.05) is 19.6 Å². The number of rotatable bonds is 2. The van der Waals surface area contributed by atoms with Crippen LogP contribution in [0.25, 0.3) is 0 Å². The van der Waals surface area contributed by atoms with Gasteiger partial charge in [0, 0.05) is 18.6 Å². The van der Waals surface area contributed by atoms with Crippen molar-refractivity contribution >= 4 is 0 Å². The summed E-state index contributed by atoms with van der Waals surface area (Å²) >= 11 is 0. The van der Waals surface area contributed by atoms with Crippen LogP contribution >= 0.6 is 0 Å². The third-order valence-corrected chi connectivity index (χ3v) is 7.02. The van der Waals surface area contributed by atoms with Gasteiger partial charge in [0.2, 0.25) is 0 Å². The molecule has 0 amide bonds. The van der Waals surface area contributed by atoms with Crippen molar-refractivity contribution in [1.82, 2.24) is 4.90 Å². The van der Waals surface area contributed by atoms with E-state index in [4.69, 9.17) is 5.73 Å². The molecule has 0 radical (unpaired) electrons. The van der Waals surface area contributed by atoms with Crippen LogP contribution in [0.4, 0.5) is 0 Å². The largest absolute Gasteiger partial charge is 0.329 e. The molecule has 2 nitrogen and oxygen atoms in total. The molecule has 0 aromatic carbocycles. The predicted molar refractivity (Wildman–Crippen MR) is 85.6 cm³/mol. The SMILES string of the molecule is CC1CCC(CN)(N2CCC3CCCCC3C2)C(C)C1. The normalized spacial score (nSPS) is 47.0. The summed E-state index contributed by atoms with van der Waals surface area (Å²) in [6.45, 7) is 8.43. The maximum absolute atomic E-state index is 6.33. The number of piperidine rings is 1. The highest BCUT2D eigenvalue weighted by molar-refractivity contribution is 5.02. The number of nitrogens with zero attached hydrogens (tertiary/aromatic N) is 1. The van der Waals surface area contributed by atoms with Gasteiger partial charge in [0.15, 0.2) is 0 Å². The third kappa shape index (κ3) is 2.54. The predicted octanol–water partition coefficient (Wildman–Crippen LogP) is 3.65. The van der Waals surface area contributed by atoms with Crippen molar-refractivity contribution < 1.29 is 0 Å². The first-order valence-corrected chi connectivity index (χ1v) is 9.11. The molecule has 116 valence electrons. The van der Waals surface area contributed by atoms with Crippen LogP contribution in [0.2, 0.25) is 0 Å². The summed E-state index contributed by atoms with van der Waals surface area (Å²) in [4.78, 5) is 2.84. The fourth-order valence-electron chi connectivity index (χ4n) is 5.59. The molecule has 3 rings (SSSR count). The number of hydrogen-bond acceptors (Lipinski definition) is 2. The van der Waals surface area contributed by atoms with Crippen molar-refractivity contribution in [1.29, 1.82) is 0 Å². The molecular formula is C18H34N2. The van der Waals surface area contributed by atoms with E-state index in [-0.39, 0.29) is 0 Å². The van der Waals surface area contributed by atoms with E-state index in [2.05, 4.69) is 18.7 Å². The Morgan fingerprint density at radius 2 is 1.80 bits per heavy atom. The van der Waals surface area contributed by atoms with Crippen LogP contribution in [0.3, 0.4) is 0 Å². The zero-order valence-electron chi connectivity index (χ0n) is 13.6. The van der Waals surface area contributed by atoms with E-state index in [1.165, 1.54) is 64.5 Å². The lowest BCUT2D eigenvalue weighted by molar-refractivity contribution is -0.0466. The maximum Gasteiger partial charge on any atom is 0.0357 e. The molecule has 2 saturated carbocycles. The van der Waals surface area contributed by atoms with Gasteiger partial charge in [-0.15, -0.1) is 0 Å². The van der Waals surface area contributed by atoms with Crippen LogP contribution in [0.5, 0.6) is 0 Å². The molecule has 0 aromatic rings. The molecule has 0 bridgehead atoms. The van der Waals surface area contributed by atoms with Crippen LogP contribution in [0.1, 0.15) is 65.2 Å². The van der Waals surface area contributed by atoms with Crippen LogP contribution in [0.15, 0.2) is 0 Å². The lowest BCUT2D eigenvalue weighted by atomic mass is 9.66. The molecule has 3 fully saturated rings. The summed E-state index contributed by atoms with van der Waals surface area (Å²) < 4.78 is 0. The van der Waals surface area contributed by atoms with E-state index in [1.54, 1.807) is 0 Å². The Morgan fingerprint density at radius 1 is 1.05 bits per heavy atom. The van der Waals surface area contributed by atoms with Crippen molar-refractivity contribution in [3.05, 3.63) is 0 Å². The van der Waals surface area contributed by atoms with Crippen molar-refractivity contribution in [3.63, 3.8) is 0 Å². The minimum Gasteiger partial charge on any atom is -0.329 e. The second kappa shape index (κ2) is 5.96. The molecule has 2 heteroatoms. The summed E-state index contributed by atoms with van der Waals surface area (Å²) in [5.74, 6) is 3.69. The summed E-state index contributed by atoms with van der Waals surface area (Å²) in [5, 5.41) is 0. The fraction of sp³-hybridized carbons (Fsp3) is 1.00. The molecule has 1 heterocycles.